The summed E-state index contributed by atoms with van der Waals surface area (Å²) in [5.74, 6) is -0.495. The minimum atomic E-state index is -3.47. The molecule has 1 saturated carbocycles. The summed E-state index contributed by atoms with van der Waals surface area (Å²) in [6.45, 7) is -0.246. The number of nitrogens with one attached hydrogen (secondary N) is 1. The SMILES string of the molecule is CS(=O)(=O)N(CC(=O)N/N=C/c1cccc(Cl)c1Cl)C1CCCCC1. The second-order valence-electron chi connectivity index (χ2n) is 6.04. The molecule has 1 amide bonds. The van der Waals surface area contributed by atoms with Crippen molar-refractivity contribution in [2.75, 3.05) is 12.8 Å². The molecule has 0 aromatic heterocycles. The van der Waals surface area contributed by atoms with Gasteiger partial charge in [0.05, 0.1) is 29.1 Å². The van der Waals surface area contributed by atoms with Crippen molar-refractivity contribution >= 4 is 45.3 Å². The van der Waals surface area contributed by atoms with Crippen molar-refractivity contribution in [1.29, 1.82) is 0 Å². The highest BCUT2D eigenvalue weighted by Crippen LogP contribution is 2.25. The Morgan fingerprint density at radius 1 is 1.32 bits per heavy atom. The summed E-state index contributed by atoms with van der Waals surface area (Å²) < 4.78 is 25.3. The van der Waals surface area contributed by atoms with Crippen molar-refractivity contribution in [3.63, 3.8) is 0 Å². The molecule has 0 bridgehead atoms. The van der Waals surface area contributed by atoms with Crippen LogP contribution in [0.5, 0.6) is 0 Å². The van der Waals surface area contributed by atoms with E-state index in [2.05, 4.69) is 10.5 Å². The van der Waals surface area contributed by atoms with E-state index in [-0.39, 0.29) is 12.6 Å². The van der Waals surface area contributed by atoms with Gasteiger partial charge in [-0.15, -0.1) is 0 Å². The zero-order valence-electron chi connectivity index (χ0n) is 13.9. The van der Waals surface area contributed by atoms with Gasteiger partial charge in [-0.3, -0.25) is 4.79 Å². The van der Waals surface area contributed by atoms with Crippen molar-refractivity contribution in [2.45, 2.75) is 38.1 Å². The third-order valence-corrected chi connectivity index (χ3v) is 6.19. The number of halogens is 2. The molecule has 1 aromatic carbocycles. The van der Waals surface area contributed by atoms with Crippen molar-refractivity contribution in [2.24, 2.45) is 5.10 Å². The number of carbonyl (C=O) groups is 1. The summed E-state index contributed by atoms with van der Waals surface area (Å²) in [4.78, 5) is 12.1. The Morgan fingerprint density at radius 3 is 2.64 bits per heavy atom. The Kier molecular flexibility index (Phi) is 7.25. The van der Waals surface area contributed by atoms with Crippen LogP contribution in [0, 0.1) is 0 Å². The quantitative estimate of drug-likeness (QED) is 0.583. The summed E-state index contributed by atoms with van der Waals surface area (Å²) in [7, 11) is -3.47. The Morgan fingerprint density at radius 2 is 2.00 bits per heavy atom. The molecule has 25 heavy (non-hydrogen) atoms. The van der Waals surface area contributed by atoms with Crippen LogP contribution in [0.3, 0.4) is 0 Å². The lowest BCUT2D eigenvalue weighted by atomic mass is 9.95. The molecule has 0 saturated heterocycles. The number of hydrazone groups is 1. The molecule has 0 atom stereocenters. The molecule has 6 nitrogen and oxygen atoms in total. The van der Waals surface area contributed by atoms with Gasteiger partial charge in [0.2, 0.25) is 10.0 Å². The number of amides is 1. The minimum Gasteiger partial charge on any atom is -0.272 e. The van der Waals surface area contributed by atoms with Crippen molar-refractivity contribution in [3.8, 4) is 0 Å². The number of carbonyl (C=O) groups excluding carboxylic acids is 1. The minimum absolute atomic E-state index is 0.124. The van der Waals surface area contributed by atoms with Gasteiger partial charge < -0.3 is 0 Å². The van der Waals surface area contributed by atoms with Gasteiger partial charge in [0.25, 0.3) is 5.91 Å². The summed E-state index contributed by atoms with van der Waals surface area (Å²) >= 11 is 11.9. The fourth-order valence-electron chi connectivity index (χ4n) is 2.86. The third kappa shape index (κ3) is 5.95. The van der Waals surface area contributed by atoms with Crippen LogP contribution < -0.4 is 5.43 Å². The molecule has 0 heterocycles. The second kappa shape index (κ2) is 8.98. The molecule has 2 rings (SSSR count). The molecule has 9 heteroatoms. The van der Waals surface area contributed by atoms with E-state index >= 15 is 0 Å². The molecule has 1 aliphatic rings. The third-order valence-electron chi connectivity index (χ3n) is 4.08. The second-order valence-corrected chi connectivity index (χ2v) is 8.76. The van der Waals surface area contributed by atoms with Gasteiger partial charge in [-0.1, -0.05) is 54.6 Å². The average molecular weight is 406 g/mol. The Labute approximate surface area is 158 Å². The van der Waals surface area contributed by atoms with Crippen molar-refractivity contribution < 1.29 is 13.2 Å². The number of nitrogens with zero attached hydrogens (tertiary/aromatic N) is 2. The van der Waals surface area contributed by atoms with Crippen LogP contribution in [-0.2, 0) is 14.8 Å². The zero-order valence-corrected chi connectivity index (χ0v) is 16.2. The maximum absolute atomic E-state index is 12.1. The first-order valence-electron chi connectivity index (χ1n) is 8.02. The fourth-order valence-corrected chi connectivity index (χ4v) is 4.32. The first-order chi connectivity index (χ1) is 11.8. The zero-order chi connectivity index (χ0) is 18.4. The predicted molar refractivity (Wildman–Crippen MR) is 101 cm³/mol. The molecule has 1 aromatic rings. The molecule has 1 fully saturated rings. The van der Waals surface area contributed by atoms with Gasteiger partial charge in [-0.25, -0.2) is 13.8 Å². The van der Waals surface area contributed by atoms with Gasteiger partial charge in [0.15, 0.2) is 0 Å². The van der Waals surface area contributed by atoms with Gasteiger partial charge in [-0.05, 0) is 18.9 Å². The topological polar surface area (TPSA) is 78.8 Å². The van der Waals surface area contributed by atoms with Gasteiger partial charge in [0, 0.05) is 11.6 Å². The van der Waals surface area contributed by atoms with E-state index in [1.807, 2.05) is 0 Å². The molecule has 138 valence electrons. The molecule has 1 aliphatic carbocycles. The van der Waals surface area contributed by atoms with Crippen LogP contribution in [0.15, 0.2) is 23.3 Å². The van der Waals surface area contributed by atoms with E-state index in [1.165, 1.54) is 10.5 Å². The molecular weight excluding hydrogens is 385 g/mol. The van der Waals surface area contributed by atoms with Crippen LogP contribution in [0.2, 0.25) is 10.0 Å². The monoisotopic (exact) mass is 405 g/mol. The lowest BCUT2D eigenvalue weighted by Gasteiger charge is -2.31. The van der Waals surface area contributed by atoms with Gasteiger partial charge in [0.1, 0.15) is 0 Å². The lowest BCUT2D eigenvalue weighted by molar-refractivity contribution is -0.121. The summed E-state index contributed by atoms with van der Waals surface area (Å²) in [5, 5.41) is 4.56. The van der Waals surface area contributed by atoms with Gasteiger partial charge >= 0.3 is 0 Å². The fraction of sp³-hybridized carbons (Fsp3) is 0.500. The van der Waals surface area contributed by atoms with Crippen molar-refractivity contribution in [3.05, 3.63) is 33.8 Å². The van der Waals surface area contributed by atoms with Crippen LogP contribution in [0.25, 0.3) is 0 Å². The normalized spacial score (nSPS) is 16.5. The lowest BCUT2D eigenvalue weighted by Crippen LogP contribution is -2.45. The molecule has 0 radical (unpaired) electrons. The highest BCUT2D eigenvalue weighted by molar-refractivity contribution is 7.88. The predicted octanol–water partition coefficient (Wildman–Crippen LogP) is 3.04. The Hall–Kier alpha value is -1.15. The van der Waals surface area contributed by atoms with Crippen molar-refractivity contribution in [1.82, 2.24) is 9.73 Å². The number of hydrogen-bond donors (Lipinski definition) is 1. The summed E-state index contributed by atoms with van der Waals surface area (Å²) in [6.07, 6.45) is 7.11. The maximum Gasteiger partial charge on any atom is 0.255 e. The summed E-state index contributed by atoms with van der Waals surface area (Å²) in [6, 6.07) is 4.94. The van der Waals surface area contributed by atoms with Crippen LogP contribution in [0.4, 0.5) is 0 Å². The highest BCUT2D eigenvalue weighted by Gasteiger charge is 2.29. The van der Waals surface area contributed by atoms with E-state index in [0.29, 0.717) is 15.6 Å². The molecule has 0 aliphatic heterocycles. The number of benzene rings is 1. The van der Waals surface area contributed by atoms with E-state index < -0.39 is 15.9 Å². The van der Waals surface area contributed by atoms with E-state index in [1.54, 1.807) is 18.2 Å². The van der Waals surface area contributed by atoms with Crippen LogP contribution in [0.1, 0.15) is 37.7 Å². The number of hydrogen-bond acceptors (Lipinski definition) is 4. The van der Waals surface area contributed by atoms with E-state index in [4.69, 9.17) is 23.2 Å². The maximum atomic E-state index is 12.1. The van der Waals surface area contributed by atoms with Gasteiger partial charge in [-0.2, -0.15) is 9.41 Å². The van der Waals surface area contributed by atoms with E-state index in [0.717, 1.165) is 38.4 Å². The molecule has 0 unspecified atom stereocenters. The Balaban J connectivity index is 1.99. The highest BCUT2D eigenvalue weighted by atomic mass is 35.5. The number of sulfonamides is 1. The smallest absolute Gasteiger partial charge is 0.255 e. The standard InChI is InChI=1S/C16H21Cl2N3O3S/c1-25(23,24)21(13-7-3-2-4-8-13)11-15(22)20-19-10-12-6-5-9-14(17)16(12)18/h5-6,9-10,13H,2-4,7-8,11H2,1H3,(H,20,22)/b19-10+. The van der Waals surface area contributed by atoms with E-state index in [9.17, 15) is 13.2 Å². The molecule has 1 N–H and O–H groups in total. The Bertz CT molecular complexity index is 747. The molecular formula is C16H21Cl2N3O3S. The van der Waals surface area contributed by atoms with Crippen LogP contribution in [-0.4, -0.2) is 43.7 Å². The average Bonchev–Trinajstić information content (AvgIpc) is 2.56. The first-order valence-corrected chi connectivity index (χ1v) is 10.6. The largest absolute Gasteiger partial charge is 0.272 e. The molecule has 0 spiro atoms. The van der Waals surface area contributed by atoms with Crippen LogP contribution >= 0.6 is 23.2 Å². The first kappa shape index (κ1) is 20.2. The number of rotatable bonds is 6. The summed E-state index contributed by atoms with van der Waals surface area (Å²) in [5.41, 5.74) is 2.90.